The Bertz CT molecular complexity index is 245. The van der Waals surface area contributed by atoms with Crippen LogP contribution in [0, 0.1) is 5.82 Å². The Kier molecular flexibility index (Phi) is 2.21. The summed E-state index contributed by atoms with van der Waals surface area (Å²) in [5.74, 6) is -0.298. The van der Waals surface area contributed by atoms with Gasteiger partial charge in [-0.1, -0.05) is 0 Å². The second-order valence-electron chi connectivity index (χ2n) is 2.19. The van der Waals surface area contributed by atoms with Gasteiger partial charge in [0.05, 0.1) is 0 Å². The molecule has 0 aliphatic carbocycles. The predicted molar refractivity (Wildman–Crippen MR) is 40.9 cm³/mol. The lowest BCUT2D eigenvalue weighted by Gasteiger charge is -2.08. The Morgan fingerprint density at radius 3 is 2.36 bits per heavy atom. The van der Waals surface area contributed by atoms with E-state index in [1.54, 1.807) is 19.2 Å². The topological polar surface area (TPSA) is 20.3 Å². The second kappa shape index (κ2) is 3.14. The molecule has 0 radical (unpaired) electrons. The van der Waals surface area contributed by atoms with Crippen LogP contribution in [0.4, 0.5) is 10.1 Å². The van der Waals surface area contributed by atoms with Gasteiger partial charge in [-0.15, -0.1) is 0 Å². The van der Waals surface area contributed by atoms with Gasteiger partial charge in [-0.25, -0.2) is 4.39 Å². The number of benzene rings is 1. The average Bonchev–Trinajstić information content (AvgIpc) is 2.05. The van der Waals surface area contributed by atoms with Crippen molar-refractivity contribution in [3.63, 3.8) is 0 Å². The summed E-state index contributed by atoms with van der Waals surface area (Å²) in [6, 6.07) is 5.72. The maximum absolute atomic E-state index is 12.3. The van der Waals surface area contributed by atoms with Crippen LogP contribution in [0.5, 0.6) is 0 Å². The molecule has 0 unspecified atom stereocenters. The molecule has 0 N–H and O–H groups in total. The molecular formula is C8H8FNO. The smallest absolute Gasteiger partial charge is 0.213 e. The first-order chi connectivity index (χ1) is 5.24. The van der Waals surface area contributed by atoms with E-state index in [4.69, 9.17) is 0 Å². The van der Waals surface area contributed by atoms with Crippen LogP contribution in [0.1, 0.15) is 0 Å². The van der Waals surface area contributed by atoms with Gasteiger partial charge in [0.25, 0.3) is 0 Å². The van der Waals surface area contributed by atoms with Crippen molar-refractivity contribution in [2.45, 2.75) is 0 Å². The minimum Gasteiger partial charge on any atom is -0.318 e. The molecule has 2 nitrogen and oxygen atoms in total. The molecule has 1 rings (SSSR count). The van der Waals surface area contributed by atoms with Crippen molar-refractivity contribution >= 4 is 12.1 Å². The summed E-state index contributed by atoms with van der Waals surface area (Å²) >= 11 is 0. The normalized spacial score (nSPS) is 9.27. The molecule has 1 aromatic rings. The predicted octanol–water partition coefficient (Wildman–Crippen LogP) is 1.42. The molecule has 0 spiro atoms. The van der Waals surface area contributed by atoms with Gasteiger partial charge >= 0.3 is 0 Å². The highest BCUT2D eigenvalue weighted by atomic mass is 19.1. The van der Waals surface area contributed by atoms with Crippen molar-refractivity contribution in [2.75, 3.05) is 11.9 Å². The highest BCUT2D eigenvalue weighted by Crippen LogP contribution is 2.10. The lowest BCUT2D eigenvalue weighted by atomic mass is 10.3. The van der Waals surface area contributed by atoms with Crippen molar-refractivity contribution in [3.05, 3.63) is 30.1 Å². The third-order valence-electron chi connectivity index (χ3n) is 1.39. The van der Waals surface area contributed by atoms with Crippen LogP contribution in [0.25, 0.3) is 0 Å². The van der Waals surface area contributed by atoms with Gasteiger partial charge in [0.15, 0.2) is 0 Å². The summed E-state index contributed by atoms with van der Waals surface area (Å²) in [6.45, 7) is 0. The molecule has 0 bridgehead atoms. The number of carbonyl (C=O) groups is 1. The Labute approximate surface area is 64.2 Å². The van der Waals surface area contributed by atoms with Crippen LogP contribution in [0.3, 0.4) is 0 Å². The van der Waals surface area contributed by atoms with E-state index in [2.05, 4.69) is 0 Å². The number of carbonyl (C=O) groups excluding carboxylic acids is 1. The van der Waals surface area contributed by atoms with Crippen molar-refractivity contribution < 1.29 is 9.18 Å². The van der Waals surface area contributed by atoms with Crippen LogP contribution in [-0.2, 0) is 4.79 Å². The standard InChI is InChI=1S/C8H8FNO/c1-10(6-11)8-4-2-7(9)3-5-8/h2-6H,1H3. The van der Waals surface area contributed by atoms with Crippen LogP contribution in [0.2, 0.25) is 0 Å². The van der Waals surface area contributed by atoms with Gasteiger partial charge in [-0.3, -0.25) is 4.79 Å². The quantitative estimate of drug-likeness (QED) is 0.588. The minimum absolute atomic E-state index is 0.298. The van der Waals surface area contributed by atoms with Crippen LogP contribution >= 0.6 is 0 Å². The van der Waals surface area contributed by atoms with Crippen LogP contribution < -0.4 is 4.90 Å². The van der Waals surface area contributed by atoms with Gasteiger partial charge in [0, 0.05) is 12.7 Å². The molecule has 58 valence electrons. The number of rotatable bonds is 2. The van der Waals surface area contributed by atoms with E-state index in [1.165, 1.54) is 17.0 Å². The fourth-order valence-corrected chi connectivity index (χ4v) is 0.737. The van der Waals surface area contributed by atoms with Crippen molar-refractivity contribution in [3.8, 4) is 0 Å². The van der Waals surface area contributed by atoms with Crippen molar-refractivity contribution in [1.29, 1.82) is 0 Å². The summed E-state index contributed by atoms with van der Waals surface area (Å²) in [4.78, 5) is 11.6. The molecule has 0 heterocycles. The van der Waals surface area contributed by atoms with E-state index in [0.717, 1.165) is 0 Å². The molecule has 11 heavy (non-hydrogen) atoms. The van der Waals surface area contributed by atoms with E-state index in [0.29, 0.717) is 12.1 Å². The largest absolute Gasteiger partial charge is 0.318 e. The van der Waals surface area contributed by atoms with Gasteiger partial charge in [-0.05, 0) is 24.3 Å². The zero-order valence-corrected chi connectivity index (χ0v) is 6.12. The van der Waals surface area contributed by atoms with E-state index >= 15 is 0 Å². The Morgan fingerprint density at radius 1 is 1.36 bits per heavy atom. The fraction of sp³-hybridized carbons (Fsp3) is 0.125. The lowest BCUT2D eigenvalue weighted by molar-refractivity contribution is -0.107. The highest BCUT2D eigenvalue weighted by molar-refractivity contribution is 5.73. The molecule has 1 aromatic carbocycles. The first kappa shape index (κ1) is 7.72. The molecule has 0 atom stereocenters. The molecule has 0 saturated carbocycles. The zero-order valence-electron chi connectivity index (χ0n) is 6.12. The highest BCUT2D eigenvalue weighted by Gasteiger charge is 1.96. The number of amides is 1. The number of halogens is 1. The number of nitrogens with zero attached hydrogens (tertiary/aromatic N) is 1. The summed E-state index contributed by atoms with van der Waals surface area (Å²) in [5.41, 5.74) is 0.682. The summed E-state index contributed by atoms with van der Waals surface area (Å²) in [7, 11) is 1.61. The molecule has 0 saturated heterocycles. The van der Waals surface area contributed by atoms with Gasteiger partial charge in [0.1, 0.15) is 5.82 Å². The SMILES string of the molecule is CN(C=O)c1ccc(F)cc1. The van der Waals surface area contributed by atoms with Gasteiger partial charge in [0.2, 0.25) is 6.41 Å². The van der Waals surface area contributed by atoms with Gasteiger partial charge in [-0.2, -0.15) is 0 Å². The van der Waals surface area contributed by atoms with E-state index in [9.17, 15) is 9.18 Å². The van der Waals surface area contributed by atoms with E-state index in [1.807, 2.05) is 0 Å². The maximum atomic E-state index is 12.3. The third kappa shape index (κ3) is 1.77. The lowest BCUT2D eigenvalue weighted by Crippen LogP contribution is -2.13. The number of hydrogen-bond donors (Lipinski definition) is 0. The molecule has 0 aliphatic rings. The van der Waals surface area contributed by atoms with Crippen molar-refractivity contribution in [2.24, 2.45) is 0 Å². The number of hydrogen-bond acceptors (Lipinski definition) is 1. The first-order valence-electron chi connectivity index (χ1n) is 3.18. The Balaban J connectivity index is 2.89. The van der Waals surface area contributed by atoms with Gasteiger partial charge < -0.3 is 4.90 Å². The third-order valence-corrected chi connectivity index (χ3v) is 1.39. The number of anilines is 1. The summed E-state index contributed by atoms with van der Waals surface area (Å²) in [5, 5.41) is 0. The van der Waals surface area contributed by atoms with E-state index < -0.39 is 0 Å². The van der Waals surface area contributed by atoms with E-state index in [-0.39, 0.29) is 5.82 Å². The molecule has 0 fully saturated rings. The monoisotopic (exact) mass is 153 g/mol. The fourth-order valence-electron chi connectivity index (χ4n) is 0.737. The molecule has 0 aliphatic heterocycles. The maximum Gasteiger partial charge on any atom is 0.213 e. The van der Waals surface area contributed by atoms with Crippen LogP contribution in [-0.4, -0.2) is 13.5 Å². The first-order valence-corrected chi connectivity index (χ1v) is 3.18. The summed E-state index contributed by atoms with van der Waals surface area (Å²) in [6.07, 6.45) is 0.674. The average molecular weight is 153 g/mol. The molecule has 1 amide bonds. The Hall–Kier alpha value is -1.38. The zero-order chi connectivity index (χ0) is 8.27. The molecule has 0 aromatic heterocycles. The minimum atomic E-state index is -0.298. The molecule has 3 heteroatoms. The second-order valence-corrected chi connectivity index (χ2v) is 2.19. The summed E-state index contributed by atoms with van der Waals surface area (Å²) < 4.78 is 12.3. The Morgan fingerprint density at radius 2 is 1.91 bits per heavy atom. The molecular weight excluding hydrogens is 145 g/mol. The van der Waals surface area contributed by atoms with Crippen molar-refractivity contribution in [1.82, 2.24) is 0 Å². The van der Waals surface area contributed by atoms with Crippen LogP contribution in [0.15, 0.2) is 24.3 Å².